The molecule has 0 aliphatic rings. The van der Waals surface area contributed by atoms with Crippen LogP contribution in [0.3, 0.4) is 0 Å². The summed E-state index contributed by atoms with van der Waals surface area (Å²) in [5.41, 5.74) is 0.474. The van der Waals surface area contributed by atoms with Crippen LogP contribution in [0, 0.1) is 0 Å². The van der Waals surface area contributed by atoms with E-state index in [1.807, 2.05) is 6.92 Å². The molecule has 0 aliphatic carbocycles. The van der Waals surface area contributed by atoms with Gasteiger partial charge < -0.3 is 25.2 Å². The van der Waals surface area contributed by atoms with Crippen molar-refractivity contribution < 1.29 is 36.5 Å². The Morgan fingerprint density at radius 3 is 2.38 bits per heavy atom. The van der Waals surface area contributed by atoms with Gasteiger partial charge in [0.05, 0.1) is 12.6 Å². The highest BCUT2D eigenvalue weighted by atomic mass is 127. The van der Waals surface area contributed by atoms with Crippen LogP contribution in [-0.4, -0.2) is 56.7 Å². The Balaban J connectivity index is 0.00000784. The number of guanidine groups is 1. The molecule has 0 aromatic heterocycles. The smallest absolute Gasteiger partial charge is 0.411 e. The van der Waals surface area contributed by atoms with Crippen LogP contribution in [0.15, 0.2) is 29.3 Å². The van der Waals surface area contributed by atoms with Gasteiger partial charge in [-0.05, 0) is 31.0 Å². The van der Waals surface area contributed by atoms with E-state index in [9.17, 15) is 27.1 Å². The summed E-state index contributed by atoms with van der Waals surface area (Å²) in [5, 5.41) is 16.0. The van der Waals surface area contributed by atoms with E-state index in [4.69, 9.17) is 0 Å². The lowest BCUT2D eigenvalue weighted by atomic mass is 10.1. The van der Waals surface area contributed by atoms with E-state index in [0.29, 0.717) is 31.0 Å². The van der Waals surface area contributed by atoms with Crippen molar-refractivity contribution in [1.29, 1.82) is 0 Å². The first kappa shape index (κ1) is 27.6. The lowest BCUT2D eigenvalue weighted by molar-refractivity contribution is -0.173. The highest BCUT2D eigenvalue weighted by molar-refractivity contribution is 14.0. The molecule has 0 bridgehead atoms. The second kappa shape index (κ2) is 14.6. The van der Waals surface area contributed by atoms with E-state index in [-0.39, 0.29) is 42.9 Å². The van der Waals surface area contributed by atoms with E-state index in [1.165, 1.54) is 24.3 Å². The number of aliphatic hydroxyl groups excluding tert-OH is 1. The van der Waals surface area contributed by atoms with E-state index >= 15 is 0 Å². The van der Waals surface area contributed by atoms with Crippen LogP contribution in [-0.2, 0) is 4.74 Å². The fraction of sp³-hybridized carbons (Fsp3) is 0.588. The minimum atomic E-state index is -4.34. The molecule has 0 amide bonds. The summed E-state index contributed by atoms with van der Waals surface area (Å²) in [6.45, 7) is -1.55. The molecule has 1 aromatic carbocycles. The number of benzene rings is 1. The van der Waals surface area contributed by atoms with E-state index < -0.39 is 25.5 Å². The molecule has 0 saturated heterocycles. The van der Waals surface area contributed by atoms with Crippen molar-refractivity contribution in [2.45, 2.75) is 32.2 Å². The predicted molar refractivity (Wildman–Crippen MR) is 109 cm³/mol. The zero-order valence-corrected chi connectivity index (χ0v) is 18.0. The molecule has 0 radical (unpaired) electrons. The number of hydrogen-bond donors (Lipinski definition) is 3. The molecule has 0 heterocycles. The number of halogens is 6. The standard InChI is InChI=1S/C17H24F5N3O3.HI/c1-2-23-16(24-8-3-9-27-11-17(20,21)22)25-10-14(26)12-4-6-13(7-5-12)28-15(18)19;/h4-7,14-15,26H,2-3,8-11H2,1H3,(H2,23,24,25);1H. The molecule has 1 rings (SSSR count). The molecule has 168 valence electrons. The van der Waals surface area contributed by atoms with Gasteiger partial charge in [-0.1, -0.05) is 12.1 Å². The fourth-order valence-corrected chi connectivity index (χ4v) is 2.07. The molecule has 1 atom stereocenters. The summed E-state index contributed by atoms with van der Waals surface area (Å²) in [6.07, 6.45) is -4.97. The molecule has 3 N–H and O–H groups in total. The molecule has 1 aromatic rings. The van der Waals surface area contributed by atoms with Gasteiger partial charge in [0.25, 0.3) is 0 Å². The SMILES string of the molecule is CCNC(=NCC(O)c1ccc(OC(F)F)cc1)NCCCOCC(F)(F)F.I. The number of aliphatic hydroxyl groups is 1. The Hall–Kier alpha value is -1.41. The van der Waals surface area contributed by atoms with Gasteiger partial charge in [-0.2, -0.15) is 22.0 Å². The van der Waals surface area contributed by atoms with Gasteiger partial charge in [-0.25, -0.2) is 0 Å². The van der Waals surface area contributed by atoms with Gasteiger partial charge in [-0.3, -0.25) is 4.99 Å². The molecule has 0 saturated carbocycles. The Labute approximate surface area is 182 Å². The Kier molecular flexibility index (Phi) is 13.8. The van der Waals surface area contributed by atoms with E-state index in [1.54, 1.807) is 0 Å². The number of nitrogens with one attached hydrogen (secondary N) is 2. The Bertz CT molecular complexity index is 589. The van der Waals surface area contributed by atoms with Crippen molar-refractivity contribution in [3.05, 3.63) is 29.8 Å². The summed E-state index contributed by atoms with van der Waals surface area (Å²) in [7, 11) is 0. The third kappa shape index (κ3) is 13.4. The summed E-state index contributed by atoms with van der Waals surface area (Å²) >= 11 is 0. The fourth-order valence-electron chi connectivity index (χ4n) is 2.07. The number of ether oxygens (including phenoxy) is 2. The minimum absolute atomic E-state index is 0. The first-order valence-electron chi connectivity index (χ1n) is 8.60. The lowest BCUT2D eigenvalue weighted by Crippen LogP contribution is -2.38. The first-order valence-corrected chi connectivity index (χ1v) is 8.60. The first-order chi connectivity index (χ1) is 13.2. The summed E-state index contributed by atoms with van der Waals surface area (Å²) in [6, 6.07) is 5.55. The van der Waals surface area contributed by atoms with Crippen LogP contribution >= 0.6 is 24.0 Å². The molecular formula is C17H25F5IN3O3. The lowest BCUT2D eigenvalue weighted by Gasteiger charge is -2.14. The second-order valence-electron chi connectivity index (χ2n) is 5.63. The second-order valence-corrected chi connectivity index (χ2v) is 5.63. The van der Waals surface area contributed by atoms with Crippen molar-refractivity contribution in [1.82, 2.24) is 10.6 Å². The van der Waals surface area contributed by atoms with Crippen LogP contribution < -0.4 is 15.4 Å². The molecular weight excluding hydrogens is 516 g/mol. The molecule has 6 nitrogen and oxygen atoms in total. The maximum Gasteiger partial charge on any atom is 0.411 e. The van der Waals surface area contributed by atoms with Gasteiger partial charge >= 0.3 is 12.8 Å². The Morgan fingerprint density at radius 2 is 1.83 bits per heavy atom. The summed E-state index contributed by atoms with van der Waals surface area (Å²) < 4.78 is 68.8. The zero-order chi connectivity index (χ0) is 21.0. The summed E-state index contributed by atoms with van der Waals surface area (Å²) in [5.74, 6) is 0.368. The average molecular weight is 541 g/mol. The molecule has 0 aliphatic heterocycles. The maximum atomic E-state index is 12.1. The highest BCUT2D eigenvalue weighted by Crippen LogP contribution is 2.19. The third-order valence-corrected chi connectivity index (χ3v) is 3.28. The predicted octanol–water partition coefficient (Wildman–Crippen LogP) is 3.46. The maximum absolute atomic E-state index is 12.1. The van der Waals surface area contributed by atoms with Crippen LogP contribution in [0.1, 0.15) is 25.0 Å². The van der Waals surface area contributed by atoms with Crippen molar-refractivity contribution in [2.75, 3.05) is 32.8 Å². The van der Waals surface area contributed by atoms with Crippen molar-refractivity contribution in [3.63, 3.8) is 0 Å². The molecule has 1 unspecified atom stereocenters. The normalized spacial score (nSPS) is 13.0. The van der Waals surface area contributed by atoms with Gasteiger partial charge in [0.15, 0.2) is 5.96 Å². The largest absolute Gasteiger partial charge is 0.435 e. The quantitative estimate of drug-likeness (QED) is 0.132. The van der Waals surface area contributed by atoms with Gasteiger partial charge in [0, 0.05) is 19.7 Å². The Morgan fingerprint density at radius 1 is 1.17 bits per heavy atom. The van der Waals surface area contributed by atoms with E-state index in [2.05, 4.69) is 25.1 Å². The van der Waals surface area contributed by atoms with E-state index in [0.717, 1.165) is 0 Å². The van der Waals surface area contributed by atoms with Crippen LogP contribution in [0.5, 0.6) is 5.75 Å². The van der Waals surface area contributed by atoms with Crippen LogP contribution in [0.4, 0.5) is 22.0 Å². The number of hydrogen-bond acceptors (Lipinski definition) is 4. The number of aliphatic imine (C=N–C) groups is 1. The van der Waals surface area contributed by atoms with Crippen LogP contribution in [0.25, 0.3) is 0 Å². The van der Waals surface area contributed by atoms with Crippen molar-refractivity contribution in [3.8, 4) is 5.75 Å². The highest BCUT2D eigenvalue weighted by Gasteiger charge is 2.27. The third-order valence-electron chi connectivity index (χ3n) is 3.28. The summed E-state index contributed by atoms with van der Waals surface area (Å²) in [4.78, 5) is 4.19. The molecule has 0 fully saturated rings. The number of rotatable bonds is 11. The van der Waals surface area contributed by atoms with Gasteiger partial charge in [0.1, 0.15) is 12.4 Å². The number of alkyl halides is 5. The topological polar surface area (TPSA) is 75.1 Å². The van der Waals surface area contributed by atoms with Crippen molar-refractivity contribution in [2.24, 2.45) is 4.99 Å². The zero-order valence-electron chi connectivity index (χ0n) is 15.7. The monoisotopic (exact) mass is 541 g/mol. The average Bonchev–Trinajstić information content (AvgIpc) is 2.61. The molecule has 0 spiro atoms. The number of nitrogens with zero attached hydrogens (tertiary/aromatic N) is 1. The molecule has 29 heavy (non-hydrogen) atoms. The van der Waals surface area contributed by atoms with Gasteiger partial charge in [-0.15, -0.1) is 24.0 Å². The van der Waals surface area contributed by atoms with Crippen molar-refractivity contribution >= 4 is 29.9 Å². The minimum Gasteiger partial charge on any atom is -0.435 e. The van der Waals surface area contributed by atoms with Gasteiger partial charge in [0.2, 0.25) is 0 Å². The van der Waals surface area contributed by atoms with Crippen LogP contribution in [0.2, 0.25) is 0 Å². The molecule has 12 heteroatoms.